The van der Waals surface area contributed by atoms with Gasteiger partial charge in [0.05, 0.1) is 29.3 Å². The summed E-state index contributed by atoms with van der Waals surface area (Å²) in [4.78, 5) is 10.6. The van der Waals surface area contributed by atoms with Crippen molar-refractivity contribution >= 4 is 0 Å². The van der Waals surface area contributed by atoms with Gasteiger partial charge in [-0.2, -0.15) is 0 Å². The molecule has 124 valence electrons. The van der Waals surface area contributed by atoms with Crippen LogP contribution in [0.5, 0.6) is 0 Å². The van der Waals surface area contributed by atoms with Gasteiger partial charge in [-0.15, -0.1) is 5.10 Å². The quantitative estimate of drug-likeness (QED) is 0.802. The summed E-state index contributed by atoms with van der Waals surface area (Å²) in [6.45, 7) is 6.01. The van der Waals surface area contributed by atoms with Crippen molar-refractivity contribution in [2.24, 2.45) is 0 Å². The van der Waals surface area contributed by atoms with E-state index in [4.69, 9.17) is 4.98 Å². The van der Waals surface area contributed by atoms with Gasteiger partial charge < -0.3 is 4.98 Å². The van der Waals surface area contributed by atoms with E-state index in [0.29, 0.717) is 6.04 Å². The molecular formula is C18H22N6. The van der Waals surface area contributed by atoms with E-state index in [2.05, 4.69) is 34.0 Å². The molecule has 1 fully saturated rings. The molecule has 6 heteroatoms. The molecule has 6 nitrogen and oxygen atoms in total. The molecule has 1 aliphatic rings. The lowest BCUT2D eigenvalue weighted by Gasteiger charge is -2.21. The standard InChI is InChI=1S/C18H22N6/c1-13-14(2)20-18(19-13)17-9-6-10-23(17)11-15-12-24(22-21-15)16-7-4-3-5-8-16/h3-5,7-8,12,17H,6,9-11H2,1-2H3,(H,19,20). The second-order valence-electron chi connectivity index (χ2n) is 6.45. The average Bonchev–Trinajstić information content (AvgIpc) is 3.31. The summed E-state index contributed by atoms with van der Waals surface area (Å²) in [6.07, 6.45) is 4.35. The maximum Gasteiger partial charge on any atom is 0.123 e. The van der Waals surface area contributed by atoms with Gasteiger partial charge in [-0.25, -0.2) is 9.67 Å². The zero-order valence-corrected chi connectivity index (χ0v) is 14.1. The van der Waals surface area contributed by atoms with Gasteiger partial charge in [-0.05, 0) is 45.4 Å². The molecule has 0 spiro atoms. The van der Waals surface area contributed by atoms with Crippen molar-refractivity contribution < 1.29 is 0 Å². The monoisotopic (exact) mass is 322 g/mol. The molecule has 1 aromatic carbocycles. The van der Waals surface area contributed by atoms with Gasteiger partial charge >= 0.3 is 0 Å². The van der Waals surface area contributed by atoms with Crippen molar-refractivity contribution in [1.82, 2.24) is 29.9 Å². The van der Waals surface area contributed by atoms with Crippen LogP contribution in [0.1, 0.15) is 41.8 Å². The summed E-state index contributed by atoms with van der Waals surface area (Å²) < 4.78 is 1.83. The number of H-pyrrole nitrogens is 1. The maximum absolute atomic E-state index is 4.70. The summed E-state index contributed by atoms with van der Waals surface area (Å²) in [5, 5.41) is 8.61. The number of imidazole rings is 1. The molecule has 0 aliphatic carbocycles. The maximum atomic E-state index is 4.70. The van der Waals surface area contributed by atoms with Crippen molar-refractivity contribution in [3.63, 3.8) is 0 Å². The second kappa shape index (κ2) is 6.20. The number of benzene rings is 1. The molecule has 24 heavy (non-hydrogen) atoms. The molecule has 1 saturated heterocycles. The Labute approximate surface area is 141 Å². The number of rotatable bonds is 4. The molecule has 0 radical (unpaired) electrons. The summed E-state index contributed by atoms with van der Waals surface area (Å²) in [6, 6.07) is 10.4. The highest BCUT2D eigenvalue weighted by Crippen LogP contribution is 2.31. The summed E-state index contributed by atoms with van der Waals surface area (Å²) >= 11 is 0. The predicted molar refractivity (Wildman–Crippen MR) is 91.8 cm³/mol. The minimum absolute atomic E-state index is 0.347. The van der Waals surface area contributed by atoms with Crippen LogP contribution in [0.2, 0.25) is 0 Å². The number of nitrogens with one attached hydrogen (secondary N) is 1. The largest absolute Gasteiger partial charge is 0.345 e. The van der Waals surface area contributed by atoms with Crippen LogP contribution in [-0.2, 0) is 6.54 Å². The van der Waals surface area contributed by atoms with E-state index in [1.165, 1.54) is 6.42 Å². The predicted octanol–water partition coefficient (Wildman–Crippen LogP) is 2.94. The van der Waals surface area contributed by atoms with E-state index in [0.717, 1.165) is 48.1 Å². The highest BCUT2D eigenvalue weighted by atomic mass is 15.4. The van der Waals surface area contributed by atoms with Crippen LogP contribution in [-0.4, -0.2) is 36.4 Å². The molecule has 3 heterocycles. The summed E-state index contributed by atoms with van der Waals surface area (Å²) in [5.41, 5.74) is 4.27. The van der Waals surface area contributed by atoms with E-state index in [9.17, 15) is 0 Å². The highest BCUT2D eigenvalue weighted by molar-refractivity contribution is 5.29. The minimum atomic E-state index is 0.347. The fourth-order valence-corrected chi connectivity index (χ4v) is 3.34. The fraction of sp³-hybridized carbons (Fsp3) is 0.389. The van der Waals surface area contributed by atoms with Gasteiger partial charge in [-0.1, -0.05) is 23.4 Å². The molecule has 0 amide bonds. The molecule has 1 N–H and O–H groups in total. The van der Waals surface area contributed by atoms with Crippen molar-refractivity contribution in [2.45, 2.75) is 39.3 Å². The van der Waals surface area contributed by atoms with Gasteiger partial charge in [0, 0.05) is 12.2 Å². The summed E-state index contributed by atoms with van der Waals surface area (Å²) in [5.74, 6) is 1.08. The van der Waals surface area contributed by atoms with Gasteiger partial charge in [0.2, 0.25) is 0 Å². The lowest BCUT2D eigenvalue weighted by atomic mass is 10.2. The zero-order chi connectivity index (χ0) is 16.5. The second-order valence-corrected chi connectivity index (χ2v) is 6.45. The molecule has 0 bridgehead atoms. The SMILES string of the molecule is Cc1nc(C2CCCN2Cc2cn(-c3ccccc3)nn2)[nH]c1C. The third kappa shape index (κ3) is 2.85. The van der Waals surface area contributed by atoms with Crippen LogP contribution >= 0.6 is 0 Å². The van der Waals surface area contributed by atoms with Crippen LogP contribution < -0.4 is 0 Å². The summed E-state index contributed by atoms with van der Waals surface area (Å²) in [7, 11) is 0. The number of nitrogens with zero attached hydrogens (tertiary/aromatic N) is 5. The minimum Gasteiger partial charge on any atom is -0.345 e. The Bertz CT molecular complexity index is 800. The van der Waals surface area contributed by atoms with Gasteiger partial charge in [0.25, 0.3) is 0 Å². The lowest BCUT2D eigenvalue weighted by molar-refractivity contribution is 0.238. The van der Waals surface area contributed by atoms with Crippen LogP contribution in [0.4, 0.5) is 0 Å². The van der Waals surface area contributed by atoms with Crippen LogP contribution in [0.15, 0.2) is 36.5 Å². The Kier molecular flexibility index (Phi) is 3.90. The van der Waals surface area contributed by atoms with E-state index in [1.54, 1.807) is 0 Å². The number of hydrogen-bond donors (Lipinski definition) is 1. The average molecular weight is 322 g/mol. The molecule has 3 aromatic rings. The first-order valence-electron chi connectivity index (χ1n) is 8.44. The molecule has 2 aromatic heterocycles. The first kappa shape index (κ1) is 15.1. The topological polar surface area (TPSA) is 62.6 Å². The number of aryl methyl sites for hydroxylation is 2. The number of para-hydroxylation sites is 1. The van der Waals surface area contributed by atoms with Crippen molar-refractivity contribution in [2.75, 3.05) is 6.54 Å². The fourth-order valence-electron chi connectivity index (χ4n) is 3.34. The van der Waals surface area contributed by atoms with Crippen molar-refractivity contribution in [3.8, 4) is 5.69 Å². The molecule has 4 rings (SSSR count). The van der Waals surface area contributed by atoms with Crippen molar-refractivity contribution in [1.29, 1.82) is 0 Å². The van der Waals surface area contributed by atoms with Crippen LogP contribution in [0, 0.1) is 13.8 Å². The van der Waals surface area contributed by atoms with E-state index in [1.807, 2.05) is 41.2 Å². The Hall–Kier alpha value is -2.47. The Morgan fingerprint density at radius 3 is 2.79 bits per heavy atom. The number of aromatic amines is 1. The van der Waals surface area contributed by atoms with E-state index < -0.39 is 0 Å². The van der Waals surface area contributed by atoms with E-state index in [-0.39, 0.29) is 0 Å². The third-order valence-electron chi connectivity index (χ3n) is 4.75. The van der Waals surface area contributed by atoms with Crippen LogP contribution in [0.3, 0.4) is 0 Å². The molecule has 1 unspecified atom stereocenters. The smallest absolute Gasteiger partial charge is 0.123 e. The Morgan fingerprint density at radius 1 is 1.21 bits per heavy atom. The molecular weight excluding hydrogens is 300 g/mol. The lowest BCUT2D eigenvalue weighted by Crippen LogP contribution is -2.23. The number of aromatic nitrogens is 5. The van der Waals surface area contributed by atoms with Gasteiger partial charge in [0.15, 0.2) is 0 Å². The van der Waals surface area contributed by atoms with Crippen molar-refractivity contribution in [3.05, 3.63) is 59.4 Å². The zero-order valence-electron chi connectivity index (χ0n) is 14.1. The van der Waals surface area contributed by atoms with E-state index >= 15 is 0 Å². The number of hydrogen-bond acceptors (Lipinski definition) is 4. The molecule has 1 aliphatic heterocycles. The third-order valence-corrected chi connectivity index (χ3v) is 4.75. The van der Waals surface area contributed by atoms with Gasteiger partial charge in [0.1, 0.15) is 5.82 Å². The highest BCUT2D eigenvalue weighted by Gasteiger charge is 2.29. The van der Waals surface area contributed by atoms with Gasteiger partial charge in [-0.3, -0.25) is 4.90 Å². The Morgan fingerprint density at radius 2 is 2.04 bits per heavy atom. The normalized spacial score (nSPS) is 18.3. The first-order valence-corrected chi connectivity index (χ1v) is 8.44. The number of likely N-dealkylation sites (tertiary alicyclic amines) is 1. The molecule has 0 saturated carbocycles. The molecule has 1 atom stereocenters. The van der Waals surface area contributed by atoms with Crippen LogP contribution in [0.25, 0.3) is 5.69 Å². The first-order chi connectivity index (χ1) is 11.7. The Balaban J connectivity index is 1.51.